The molecule has 0 aromatic rings. The van der Waals surface area contributed by atoms with Gasteiger partial charge < -0.3 is 15.5 Å². The van der Waals surface area contributed by atoms with Crippen LogP contribution >= 0.6 is 0 Å². The molecular weight excluding hydrogens is 218 g/mol. The Morgan fingerprint density at radius 2 is 1.82 bits per heavy atom. The fourth-order valence-corrected chi connectivity index (χ4v) is 1.84. The Balaban J connectivity index is 1.63. The summed E-state index contributed by atoms with van der Waals surface area (Å²) in [4.78, 5) is 25.4. The summed E-state index contributed by atoms with van der Waals surface area (Å²) in [6.45, 7) is 1.48. The maximum absolute atomic E-state index is 11.7. The standard InChI is InChI=1S/C12H21N3O2/c1-15(2)6-5-13-11(16)9-7-10(9)12(17)14-8-3-4-8/h8-10H,3-7H2,1-2H3,(H,13,16)(H,14,17). The lowest BCUT2D eigenvalue weighted by Gasteiger charge is -2.10. The quantitative estimate of drug-likeness (QED) is 0.662. The molecule has 2 aliphatic carbocycles. The Morgan fingerprint density at radius 3 is 2.41 bits per heavy atom. The van der Waals surface area contributed by atoms with E-state index in [-0.39, 0.29) is 23.7 Å². The van der Waals surface area contributed by atoms with Crippen molar-refractivity contribution < 1.29 is 9.59 Å². The Labute approximate surface area is 102 Å². The number of amides is 2. The van der Waals surface area contributed by atoms with Gasteiger partial charge in [0.15, 0.2) is 0 Å². The van der Waals surface area contributed by atoms with E-state index in [2.05, 4.69) is 10.6 Å². The minimum atomic E-state index is -0.0871. The number of likely N-dealkylation sites (N-methyl/N-ethyl adjacent to an activating group) is 1. The van der Waals surface area contributed by atoms with Crippen LogP contribution in [0, 0.1) is 11.8 Å². The molecule has 0 spiro atoms. The number of hydrogen-bond acceptors (Lipinski definition) is 3. The molecule has 96 valence electrons. The zero-order chi connectivity index (χ0) is 12.4. The molecule has 5 heteroatoms. The molecule has 2 unspecified atom stereocenters. The van der Waals surface area contributed by atoms with Gasteiger partial charge in [-0.1, -0.05) is 0 Å². The van der Waals surface area contributed by atoms with Crippen LogP contribution in [-0.4, -0.2) is 49.9 Å². The highest BCUT2D eigenvalue weighted by molar-refractivity contribution is 5.92. The van der Waals surface area contributed by atoms with Crippen molar-refractivity contribution in [2.24, 2.45) is 11.8 Å². The van der Waals surface area contributed by atoms with Gasteiger partial charge in [-0.15, -0.1) is 0 Å². The summed E-state index contributed by atoms with van der Waals surface area (Å²) < 4.78 is 0. The van der Waals surface area contributed by atoms with Crippen LogP contribution in [0.3, 0.4) is 0 Å². The Hall–Kier alpha value is -1.10. The molecule has 2 atom stereocenters. The van der Waals surface area contributed by atoms with Gasteiger partial charge in [-0.3, -0.25) is 9.59 Å². The van der Waals surface area contributed by atoms with E-state index in [4.69, 9.17) is 0 Å². The van der Waals surface area contributed by atoms with Gasteiger partial charge in [-0.2, -0.15) is 0 Å². The molecule has 2 saturated carbocycles. The minimum absolute atomic E-state index is 0.0304. The first-order valence-electron chi connectivity index (χ1n) is 6.30. The normalized spacial score (nSPS) is 26.8. The summed E-state index contributed by atoms with van der Waals surface area (Å²) in [5.41, 5.74) is 0. The number of nitrogens with zero attached hydrogens (tertiary/aromatic N) is 1. The monoisotopic (exact) mass is 239 g/mol. The average Bonchev–Trinajstić information content (AvgIpc) is 3.11. The molecule has 2 rings (SSSR count). The molecule has 0 aliphatic heterocycles. The third-order valence-electron chi connectivity index (χ3n) is 3.25. The Kier molecular flexibility index (Phi) is 3.66. The fourth-order valence-electron chi connectivity index (χ4n) is 1.84. The first-order chi connectivity index (χ1) is 8.08. The van der Waals surface area contributed by atoms with Crippen molar-refractivity contribution in [3.8, 4) is 0 Å². The number of carbonyl (C=O) groups excluding carboxylic acids is 2. The van der Waals surface area contributed by atoms with Crippen LogP contribution in [0.1, 0.15) is 19.3 Å². The molecule has 2 aliphatic rings. The van der Waals surface area contributed by atoms with Crippen molar-refractivity contribution in [3.63, 3.8) is 0 Å². The molecule has 2 N–H and O–H groups in total. The van der Waals surface area contributed by atoms with E-state index >= 15 is 0 Å². The third-order valence-corrected chi connectivity index (χ3v) is 3.25. The second kappa shape index (κ2) is 5.04. The van der Waals surface area contributed by atoms with E-state index in [1.165, 1.54) is 0 Å². The highest BCUT2D eigenvalue weighted by Crippen LogP contribution is 2.39. The maximum Gasteiger partial charge on any atom is 0.224 e. The van der Waals surface area contributed by atoms with Gasteiger partial charge in [-0.25, -0.2) is 0 Å². The van der Waals surface area contributed by atoms with Crippen molar-refractivity contribution in [1.82, 2.24) is 15.5 Å². The smallest absolute Gasteiger partial charge is 0.224 e. The van der Waals surface area contributed by atoms with Gasteiger partial charge in [0.25, 0.3) is 0 Å². The van der Waals surface area contributed by atoms with E-state index in [1.54, 1.807) is 0 Å². The maximum atomic E-state index is 11.7. The number of nitrogens with one attached hydrogen (secondary N) is 2. The highest BCUT2D eigenvalue weighted by Gasteiger charge is 2.48. The molecular formula is C12H21N3O2. The van der Waals surface area contributed by atoms with E-state index in [1.807, 2.05) is 19.0 Å². The van der Waals surface area contributed by atoms with E-state index in [9.17, 15) is 9.59 Å². The third kappa shape index (κ3) is 3.70. The van der Waals surface area contributed by atoms with Gasteiger partial charge >= 0.3 is 0 Å². The summed E-state index contributed by atoms with van der Waals surface area (Å²) in [7, 11) is 3.93. The lowest BCUT2D eigenvalue weighted by molar-refractivity contribution is -0.127. The zero-order valence-corrected chi connectivity index (χ0v) is 10.5. The number of rotatable bonds is 6. The van der Waals surface area contributed by atoms with E-state index < -0.39 is 0 Å². The zero-order valence-electron chi connectivity index (χ0n) is 10.5. The van der Waals surface area contributed by atoms with Gasteiger partial charge in [0.05, 0.1) is 11.8 Å². The van der Waals surface area contributed by atoms with Crippen molar-refractivity contribution in [2.45, 2.75) is 25.3 Å². The largest absolute Gasteiger partial charge is 0.355 e. The molecule has 2 amide bonds. The van der Waals surface area contributed by atoms with Crippen LogP contribution in [0.25, 0.3) is 0 Å². The van der Waals surface area contributed by atoms with Gasteiger partial charge in [0, 0.05) is 19.1 Å². The van der Waals surface area contributed by atoms with Crippen molar-refractivity contribution in [2.75, 3.05) is 27.2 Å². The van der Waals surface area contributed by atoms with Gasteiger partial charge in [0.2, 0.25) is 11.8 Å². The molecule has 0 aromatic carbocycles. The summed E-state index contributed by atoms with van der Waals surface area (Å²) in [5.74, 6) is -0.0612. The predicted octanol–water partition coefficient (Wildman–Crippen LogP) is -0.421. The van der Waals surface area contributed by atoms with Crippen molar-refractivity contribution in [1.29, 1.82) is 0 Å². The van der Waals surface area contributed by atoms with E-state index in [0.717, 1.165) is 19.4 Å². The van der Waals surface area contributed by atoms with Crippen molar-refractivity contribution in [3.05, 3.63) is 0 Å². The fraction of sp³-hybridized carbons (Fsp3) is 0.833. The summed E-state index contributed by atoms with van der Waals surface area (Å²) in [6.07, 6.45) is 2.91. The van der Waals surface area contributed by atoms with Gasteiger partial charge in [-0.05, 0) is 33.4 Å². The first kappa shape index (κ1) is 12.4. The second-order valence-corrected chi connectivity index (χ2v) is 5.33. The lowest BCUT2D eigenvalue weighted by atomic mass is 10.3. The van der Waals surface area contributed by atoms with Crippen LogP contribution in [-0.2, 0) is 9.59 Å². The topological polar surface area (TPSA) is 61.4 Å². The number of hydrogen-bond donors (Lipinski definition) is 2. The Bertz CT molecular complexity index is 313. The molecule has 0 heterocycles. The molecule has 17 heavy (non-hydrogen) atoms. The minimum Gasteiger partial charge on any atom is -0.355 e. The summed E-state index contributed by atoms with van der Waals surface area (Å²) in [6, 6.07) is 0.389. The van der Waals surface area contributed by atoms with Crippen LogP contribution in [0.5, 0.6) is 0 Å². The summed E-state index contributed by atoms with van der Waals surface area (Å²) in [5, 5.41) is 5.82. The predicted molar refractivity (Wildman–Crippen MR) is 64.3 cm³/mol. The van der Waals surface area contributed by atoms with Gasteiger partial charge in [0.1, 0.15) is 0 Å². The van der Waals surface area contributed by atoms with Crippen molar-refractivity contribution >= 4 is 11.8 Å². The molecule has 2 fully saturated rings. The molecule has 0 radical (unpaired) electrons. The molecule has 0 aromatic heterocycles. The van der Waals surface area contributed by atoms with Crippen LogP contribution in [0.15, 0.2) is 0 Å². The summed E-state index contributed by atoms with van der Waals surface area (Å²) >= 11 is 0. The molecule has 0 saturated heterocycles. The SMILES string of the molecule is CN(C)CCNC(=O)C1CC1C(=O)NC1CC1. The van der Waals surface area contributed by atoms with E-state index in [0.29, 0.717) is 19.0 Å². The lowest BCUT2D eigenvalue weighted by Crippen LogP contribution is -2.34. The van der Waals surface area contributed by atoms with Crippen LogP contribution in [0.4, 0.5) is 0 Å². The number of carbonyl (C=O) groups is 2. The van der Waals surface area contributed by atoms with Crippen LogP contribution < -0.4 is 10.6 Å². The average molecular weight is 239 g/mol. The second-order valence-electron chi connectivity index (χ2n) is 5.33. The molecule has 5 nitrogen and oxygen atoms in total. The first-order valence-corrected chi connectivity index (χ1v) is 6.30. The Morgan fingerprint density at radius 1 is 1.18 bits per heavy atom. The van der Waals surface area contributed by atoms with Crippen LogP contribution in [0.2, 0.25) is 0 Å². The molecule has 0 bridgehead atoms. The highest BCUT2D eigenvalue weighted by atomic mass is 16.2.